The van der Waals surface area contributed by atoms with Crippen molar-refractivity contribution in [2.45, 2.75) is 19.9 Å². The number of urea groups is 1. The van der Waals surface area contributed by atoms with Gasteiger partial charge in [0.2, 0.25) is 0 Å². The number of hydrogen-bond acceptors (Lipinski definition) is 2. The predicted molar refractivity (Wildman–Crippen MR) is 77.1 cm³/mol. The zero-order chi connectivity index (χ0) is 13.7. The van der Waals surface area contributed by atoms with Gasteiger partial charge in [0, 0.05) is 19.6 Å². The van der Waals surface area contributed by atoms with Crippen LogP contribution in [0.4, 0.5) is 4.79 Å². The van der Waals surface area contributed by atoms with Crippen LogP contribution in [0, 0.1) is 0 Å². The molecule has 4 nitrogen and oxygen atoms in total. The molecule has 1 heterocycles. The lowest BCUT2D eigenvalue weighted by atomic mass is 10.0. The van der Waals surface area contributed by atoms with Gasteiger partial charge < -0.3 is 10.2 Å². The van der Waals surface area contributed by atoms with Crippen LogP contribution in [0.3, 0.4) is 0 Å². The van der Waals surface area contributed by atoms with Crippen molar-refractivity contribution in [1.29, 1.82) is 0 Å². The van der Waals surface area contributed by atoms with E-state index in [-0.39, 0.29) is 12.1 Å². The Balaban J connectivity index is 2.16. The highest BCUT2D eigenvalue weighted by Gasteiger charge is 2.26. The monoisotopic (exact) mass is 261 g/mol. The summed E-state index contributed by atoms with van der Waals surface area (Å²) in [5.74, 6) is 0. The van der Waals surface area contributed by atoms with Gasteiger partial charge in [0.05, 0.1) is 6.04 Å². The van der Waals surface area contributed by atoms with Gasteiger partial charge in [0.15, 0.2) is 0 Å². The molecular formula is C15H23N3O. The van der Waals surface area contributed by atoms with E-state index < -0.39 is 0 Å². The summed E-state index contributed by atoms with van der Waals surface area (Å²) >= 11 is 0. The number of benzene rings is 1. The molecule has 1 aliphatic heterocycles. The first kappa shape index (κ1) is 13.9. The van der Waals surface area contributed by atoms with E-state index in [1.54, 1.807) is 0 Å². The fraction of sp³-hybridized carbons (Fsp3) is 0.533. The highest BCUT2D eigenvalue weighted by Crippen LogP contribution is 2.22. The molecule has 104 valence electrons. The van der Waals surface area contributed by atoms with Crippen molar-refractivity contribution in [3.8, 4) is 0 Å². The maximum Gasteiger partial charge on any atom is 0.317 e. The molecule has 1 N–H and O–H groups in total. The molecule has 1 fully saturated rings. The molecule has 1 atom stereocenters. The molecule has 2 rings (SSSR count). The van der Waals surface area contributed by atoms with Crippen LogP contribution in [0.1, 0.15) is 25.5 Å². The van der Waals surface area contributed by atoms with Gasteiger partial charge in [-0.15, -0.1) is 0 Å². The molecule has 1 saturated heterocycles. The molecule has 1 aliphatic rings. The first-order chi connectivity index (χ1) is 9.26. The highest BCUT2D eigenvalue weighted by atomic mass is 16.2. The third-order valence-corrected chi connectivity index (χ3v) is 3.78. The standard InChI is InChI=1S/C15H23N3O/c1-3-17(4-2)14(13-8-6-5-7-9-13)12-18-11-10-16-15(18)19/h5-9,14H,3-4,10-12H2,1-2H3,(H,16,19). The SMILES string of the molecule is CCN(CC)C(CN1CCNC1=O)c1ccccc1. The predicted octanol–water partition coefficient (Wildman–Crippen LogP) is 2.09. The van der Waals surface area contributed by atoms with Gasteiger partial charge >= 0.3 is 6.03 Å². The lowest BCUT2D eigenvalue weighted by Crippen LogP contribution is -2.39. The number of nitrogens with one attached hydrogen (secondary N) is 1. The molecule has 0 aliphatic carbocycles. The molecule has 0 radical (unpaired) electrons. The average Bonchev–Trinajstić information content (AvgIpc) is 2.85. The van der Waals surface area contributed by atoms with E-state index in [0.29, 0.717) is 0 Å². The largest absolute Gasteiger partial charge is 0.336 e. The lowest BCUT2D eigenvalue weighted by Gasteiger charge is -2.32. The van der Waals surface area contributed by atoms with E-state index in [4.69, 9.17) is 0 Å². The number of amides is 2. The first-order valence-electron chi connectivity index (χ1n) is 7.08. The number of hydrogen-bond donors (Lipinski definition) is 1. The number of likely N-dealkylation sites (N-methyl/N-ethyl adjacent to an activating group) is 1. The van der Waals surface area contributed by atoms with Crippen molar-refractivity contribution in [3.63, 3.8) is 0 Å². The van der Waals surface area contributed by atoms with Crippen LogP contribution in [-0.2, 0) is 0 Å². The van der Waals surface area contributed by atoms with Crippen LogP contribution in [-0.4, -0.2) is 48.6 Å². The zero-order valence-electron chi connectivity index (χ0n) is 11.8. The van der Waals surface area contributed by atoms with E-state index in [1.807, 2.05) is 11.0 Å². The fourth-order valence-electron chi connectivity index (χ4n) is 2.67. The first-order valence-corrected chi connectivity index (χ1v) is 7.08. The van der Waals surface area contributed by atoms with E-state index in [9.17, 15) is 4.79 Å². The molecule has 1 unspecified atom stereocenters. The highest BCUT2D eigenvalue weighted by molar-refractivity contribution is 5.76. The summed E-state index contributed by atoms with van der Waals surface area (Å²) in [7, 11) is 0. The summed E-state index contributed by atoms with van der Waals surface area (Å²) in [5.41, 5.74) is 1.28. The molecule has 1 aromatic rings. The Kier molecular flexibility index (Phi) is 4.80. The van der Waals surface area contributed by atoms with Gasteiger partial charge in [0.25, 0.3) is 0 Å². The summed E-state index contributed by atoms with van der Waals surface area (Å²) in [5, 5.41) is 2.87. The average molecular weight is 261 g/mol. The minimum atomic E-state index is 0.0630. The second-order valence-electron chi connectivity index (χ2n) is 4.83. The van der Waals surface area contributed by atoms with Crippen molar-refractivity contribution in [2.75, 3.05) is 32.7 Å². The fourth-order valence-corrected chi connectivity index (χ4v) is 2.67. The van der Waals surface area contributed by atoms with Gasteiger partial charge in [-0.1, -0.05) is 44.2 Å². The van der Waals surface area contributed by atoms with Crippen LogP contribution in [0.25, 0.3) is 0 Å². The third-order valence-electron chi connectivity index (χ3n) is 3.78. The Morgan fingerprint density at radius 2 is 1.95 bits per heavy atom. The third kappa shape index (κ3) is 3.26. The Hall–Kier alpha value is -1.55. The van der Waals surface area contributed by atoms with Crippen LogP contribution >= 0.6 is 0 Å². The van der Waals surface area contributed by atoms with Crippen LogP contribution in [0.2, 0.25) is 0 Å². The molecule has 0 saturated carbocycles. The number of carbonyl (C=O) groups excluding carboxylic acids is 1. The number of rotatable bonds is 6. The molecular weight excluding hydrogens is 238 g/mol. The van der Waals surface area contributed by atoms with Gasteiger partial charge in [-0.2, -0.15) is 0 Å². The van der Waals surface area contributed by atoms with Crippen molar-refractivity contribution in [2.24, 2.45) is 0 Å². The second-order valence-corrected chi connectivity index (χ2v) is 4.83. The Morgan fingerprint density at radius 3 is 2.47 bits per heavy atom. The maximum atomic E-state index is 11.7. The Labute approximate surface area is 115 Å². The van der Waals surface area contributed by atoms with E-state index in [2.05, 4.69) is 48.3 Å². The van der Waals surface area contributed by atoms with Crippen LogP contribution in [0.5, 0.6) is 0 Å². The second kappa shape index (κ2) is 6.57. The molecule has 4 heteroatoms. The Morgan fingerprint density at radius 1 is 1.26 bits per heavy atom. The quantitative estimate of drug-likeness (QED) is 0.851. The van der Waals surface area contributed by atoms with E-state index >= 15 is 0 Å². The van der Waals surface area contributed by atoms with Gasteiger partial charge in [-0.3, -0.25) is 4.90 Å². The van der Waals surface area contributed by atoms with Crippen molar-refractivity contribution < 1.29 is 4.79 Å². The molecule has 2 amide bonds. The van der Waals surface area contributed by atoms with Crippen LogP contribution < -0.4 is 5.32 Å². The molecule has 0 spiro atoms. The van der Waals surface area contributed by atoms with Gasteiger partial charge in [0.1, 0.15) is 0 Å². The Bertz CT molecular complexity index is 403. The minimum Gasteiger partial charge on any atom is -0.336 e. The molecule has 0 aromatic heterocycles. The summed E-state index contributed by atoms with van der Waals surface area (Å²) < 4.78 is 0. The normalized spacial score (nSPS) is 16.8. The van der Waals surface area contributed by atoms with E-state index in [0.717, 1.165) is 32.7 Å². The maximum absolute atomic E-state index is 11.7. The summed E-state index contributed by atoms with van der Waals surface area (Å²) in [6.45, 7) is 8.66. The summed E-state index contributed by atoms with van der Waals surface area (Å²) in [6, 6.07) is 10.8. The van der Waals surface area contributed by atoms with Crippen LogP contribution in [0.15, 0.2) is 30.3 Å². The molecule has 19 heavy (non-hydrogen) atoms. The zero-order valence-corrected chi connectivity index (χ0v) is 11.8. The van der Waals surface area contributed by atoms with Crippen molar-refractivity contribution in [3.05, 3.63) is 35.9 Å². The summed E-state index contributed by atoms with van der Waals surface area (Å²) in [6.07, 6.45) is 0. The van der Waals surface area contributed by atoms with Gasteiger partial charge in [-0.25, -0.2) is 4.79 Å². The minimum absolute atomic E-state index is 0.0630. The number of nitrogens with zero attached hydrogens (tertiary/aromatic N) is 2. The smallest absolute Gasteiger partial charge is 0.317 e. The van der Waals surface area contributed by atoms with Crippen molar-refractivity contribution >= 4 is 6.03 Å². The lowest BCUT2D eigenvalue weighted by molar-refractivity contribution is 0.164. The van der Waals surface area contributed by atoms with Gasteiger partial charge in [-0.05, 0) is 18.7 Å². The molecule has 1 aromatic carbocycles. The van der Waals surface area contributed by atoms with E-state index in [1.165, 1.54) is 5.56 Å². The summed E-state index contributed by atoms with van der Waals surface area (Å²) in [4.78, 5) is 16.1. The number of carbonyl (C=O) groups is 1. The molecule has 0 bridgehead atoms. The topological polar surface area (TPSA) is 35.6 Å². The van der Waals surface area contributed by atoms with Crippen molar-refractivity contribution in [1.82, 2.24) is 15.1 Å².